The van der Waals surface area contributed by atoms with Gasteiger partial charge < -0.3 is 11.1 Å². The first-order valence-corrected chi connectivity index (χ1v) is 8.89. The van der Waals surface area contributed by atoms with Crippen molar-refractivity contribution in [2.75, 3.05) is 17.7 Å². The third-order valence-corrected chi connectivity index (χ3v) is 5.08. The molecule has 1 amide bonds. The molecule has 0 bridgehead atoms. The van der Waals surface area contributed by atoms with Crippen LogP contribution in [-0.4, -0.2) is 24.0 Å². The van der Waals surface area contributed by atoms with Gasteiger partial charge in [0, 0.05) is 21.2 Å². The third-order valence-electron chi connectivity index (χ3n) is 3.03. The van der Waals surface area contributed by atoms with Crippen molar-refractivity contribution in [3.63, 3.8) is 0 Å². The lowest BCUT2D eigenvalue weighted by Gasteiger charge is -2.12. The SMILES string of the molecule is CSCCC(C)NC(=O)c1sc2cc(Cl)ccc2c1N. The second-order valence-corrected chi connectivity index (χ2v) is 7.12. The van der Waals surface area contributed by atoms with Crippen molar-refractivity contribution in [2.45, 2.75) is 19.4 Å². The van der Waals surface area contributed by atoms with E-state index >= 15 is 0 Å². The lowest BCUT2D eigenvalue weighted by atomic mass is 10.2. The normalized spacial score (nSPS) is 12.6. The molecule has 0 aliphatic heterocycles. The van der Waals surface area contributed by atoms with Crippen molar-refractivity contribution in [3.05, 3.63) is 28.1 Å². The zero-order valence-corrected chi connectivity index (χ0v) is 13.8. The molecule has 2 rings (SSSR count). The highest BCUT2D eigenvalue weighted by Crippen LogP contribution is 2.35. The highest BCUT2D eigenvalue weighted by atomic mass is 35.5. The van der Waals surface area contributed by atoms with Gasteiger partial charge in [0.15, 0.2) is 0 Å². The lowest BCUT2D eigenvalue weighted by molar-refractivity contribution is 0.0944. The topological polar surface area (TPSA) is 55.1 Å². The fraction of sp³-hybridized carbons (Fsp3) is 0.357. The molecule has 108 valence electrons. The van der Waals surface area contributed by atoms with E-state index in [4.69, 9.17) is 17.3 Å². The third kappa shape index (κ3) is 3.40. The van der Waals surface area contributed by atoms with E-state index in [1.165, 1.54) is 11.3 Å². The zero-order valence-electron chi connectivity index (χ0n) is 11.4. The molecular weight excluding hydrogens is 312 g/mol. The Balaban J connectivity index is 2.20. The molecule has 0 saturated heterocycles. The number of hydrogen-bond acceptors (Lipinski definition) is 4. The number of halogens is 1. The first kappa shape index (κ1) is 15.5. The molecule has 1 aromatic heterocycles. The summed E-state index contributed by atoms with van der Waals surface area (Å²) in [5, 5.41) is 4.53. The van der Waals surface area contributed by atoms with Gasteiger partial charge in [-0.3, -0.25) is 4.79 Å². The number of nitrogens with two attached hydrogens (primary N) is 1. The molecule has 1 heterocycles. The van der Waals surface area contributed by atoms with Crippen LogP contribution in [-0.2, 0) is 0 Å². The van der Waals surface area contributed by atoms with E-state index in [0.29, 0.717) is 15.6 Å². The Labute approximate surface area is 131 Å². The number of thiophene rings is 1. The Hall–Kier alpha value is -0.910. The second kappa shape index (κ2) is 6.70. The maximum Gasteiger partial charge on any atom is 0.263 e. The summed E-state index contributed by atoms with van der Waals surface area (Å²) in [5.74, 6) is 0.923. The van der Waals surface area contributed by atoms with Crippen molar-refractivity contribution < 1.29 is 4.79 Å². The highest BCUT2D eigenvalue weighted by molar-refractivity contribution is 7.98. The first-order valence-electron chi connectivity index (χ1n) is 6.30. The van der Waals surface area contributed by atoms with Crippen molar-refractivity contribution in [1.29, 1.82) is 0 Å². The molecule has 3 N–H and O–H groups in total. The fourth-order valence-corrected chi connectivity index (χ4v) is 3.81. The minimum Gasteiger partial charge on any atom is -0.397 e. The molecule has 2 aromatic rings. The van der Waals surface area contributed by atoms with Crippen LogP contribution in [0.4, 0.5) is 5.69 Å². The molecule has 3 nitrogen and oxygen atoms in total. The van der Waals surface area contributed by atoms with Crippen LogP contribution in [0.25, 0.3) is 10.1 Å². The number of anilines is 1. The van der Waals surface area contributed by atoms with Gasteiger partial charge in [-0.2, -0.15) is 11.8 Å². The Morgan fingerprint density at radius 2 is 2.30 bits per heavy atom. The van der Waals surface area contributed by atoms with E-state index in [-0.39, 0.29) is 11.9 Å². The molecule has 0 radical (unpaired) electrons. The van der Waals surface area contributed by atoms with E-state index in [1.807, 2.05) is 19.1 Å². The summed E-state index contributed by atoms with van der Waals surface area (Å²) in [7, 11) is 0. The van der Waals surface area contributed by atoms with Crippen LogP contribution in [0.2, 0.25) is 5.02 Å². The monoisotopic (exact) mass is 328 g/mol. The van der Waals surface area contributed by atoms with Crippen LogP contribution in [0.1, 0.15) is 23.0 Å². The Kier molecular flexibility index (Phi) is 5.18. The Morgan fingerprint density at radius 3 is 3.00 bits per heavy atom. The van der Waals surface area contributed by atoms with E-state index in [1.54, 1.807) is 17.8 Å². The van der Waals surface area contributed by atoms with Crippen LogP contribution in [0, 0.1) is 0 Å². The average molecular weight is 329 g/mol. The quantitative estimate of drug-likeness (QED) is 0.872. The van der Waals surface area contributed by atoms with Crippen molar-refractivity contribution >= 4 is 56.4 Å². The predicted octanol–water partition coefficient (Wildman–Crippen LogP) is 4.01. The van der Waals surface area contributed by atoms with Gasteiger partial charge in [0.2, 0.25) is 0 Å². The largest absolute Gasteiger partial charge is 0.397 e. The van der Waals surface area contributed by atoms with Crippen LogP contribution < -0.4 is 11.1 Å². The minimum atomic E-state index is -0.103. The van der Waals surface area contributed by atoms with Crippen molar-refractivity contribution in [2.24, 2.45) is 0 Å². The summed E-state index contributed by atoms with van der Waals surface area (Å²) < 4.78 is 0.942. The summed E-state index contributed by atoms with van der Waals surface area (Å²) in [6.07, 6.45) is 3.01. The molecular formula is C14H17ClN2OS2. The molecule has 6 heteroatoms. The molecule has 1 unspecified atom stereocenters. The molecule has 20 heavy (non-hydrogen) atoms. The smallest absolute Gasteiger partial charge is 0.263 e. The number of hydrogen-bond donors (Lipinski definition) is 2. The average Bonchev–Trinajstić information content (AvgIpc) is 2.73. The fourth-order valence-electron chi connectivity index (χ4n) is 1.92. The molecule has 1 aromatic carbocycles. The molecule has 0 aliphatic carbocycles. The molecule has 0 saturated carbocycles. The minimum absolute atomic E-state index is 0.103. The van der Waals surface area contributed by atoms with Crippen LogP contribution >= 0.6 is 34.7 Å². The number of carbonyl (C=O) groups excluding carboxylic acids is 1. The maximum absolute atomic E-state index is 12.3. The van der Waals surface area contributed by atoms with Gasteiger partial charge >= 0.3 is 0 Å². The Morgan fingerprint density at radius 1 is 1.55 bits per heavy atom. The van der Waals surface area contributed by atoms with E-state index in [2.05, 4.69) is 11.6 Å². The van der Waals surface area contributed by atoms with E-state index < -0.39 is 0 Å². The number of fused-ring (bicyclic) bond motifs is 1. The van der Waals surface area contributed by atoms with Gasteiger partial charge in [-0.15, -0.1) is 11.3 Å². The molecule has 1 atom stereocenters. The summed E-state index contributed by atoms with van der Waals surface area (Å²) >= 11 is 9.12. The molecule has 0 aliphatic rings. The van der Waals surface area contributed by atoms with Gasteiger partial charge in [-0.1, -0.05) is 11.6 Å². The van der Waals surface area contributed by atoms with Crippen molar-refractivity contribution in [1.82, 2.24) is 5.32 Å². The molecule has 0 fully saturated rings. The van der Waals surface area contributed by atoms with E-state index in [0.717, 1.165) is 22.3 Å². The Bertz CT molecular complexity index is 627. The molecule has 0 spiro atoms. The van der Waals surface area contributed by atoms with Crippen LogP contribution in [0.15, 0.2) is 18.2 Å². The number of rotatable bonds is 5. The second-order valence-electron chi connectivity index (χ2n) is 4.64. The maximum atomic E-state index is 12.3. The predicted molar refractivity (Wildman–Crippen MR) is 91.2 cm³/mol. The van der Waals surface area contributed by atoms with Gasteiger partial charge in [0.25, 0.3) is 5.91 Å². The van der Waals surface area contributed by atoms with Crippen LogP contribution in [0.3, 0.4) is 0 Å². The summed E-state index contributed by atoms with van der Waals surface area (Å²) in [4.78, 5) is 12.8. The van der Waals surface area contributed by atoms with Crippen molar-refractivity contribution in [3.8, 4) is 0 Å². The standard InChI is InChI=1S/C14H17ClN2OS2/c1-8(5-6-19-2)17-14(18)13-12(16)10-4-3-9(15)7-11(10)20-13/h3-4,7-8H,5-6,16H2,1-2H3,(H,17,18). The van der Waals surface area contributed by atoms with Gasteiger partial charge in [0.05, 0.1) is 5.69 Å². The summed E-state index contributed by atoms with van der Waals surface area (Å²) in [5.41, 5.74) is 6.61. The van der Waals surface area contributed by atoms with Gasteiger partial charge in [0.1, 0.15) is 4.88 Å². The number of nitrogens with one attached hydrogen (secondary N) is 1. The lowest BCUT2D eigenvalue weighted by Crippen LogP contribution is -2.32. The number of nitrogen functional groups attached to an aromatic ring is 1. The number of thioether (sulfide) groups is 1. The first-order chi connectivity index (χ1) is 9.52. The van der Waals surface area contributed by atoms with Gasteiger partial charge in [-0.05, 0) is 43.6 Å². The van der Waals surface area contributed by atoms with Crippen LogP contribution in [0.5, 0.6) is 0 Å². The summed E-state index contributed by atoms with van der Waals surface area (Å²) in [6, 6.07) is 5.63. The number of carbonyl (C=O) groups is 1. The number of amides is 1. The highest BCUT2D eigenvalue weighted by Gasteiger charge is 2.17. The zero-order chi connectivity index (χ0) is 14.7. The van der Waals surface area contributed by atoms with E-state index in [9.17, 15) is 4.79 Å². The summed E-state index contributed by atoms with van der Waals surface area (Å²) in [6.45, 7) is 2.01. The van der Waals surface area contributed by atoms with Gasteiger partial charge in [-0.25, -0.2) is 0 Å². The number of benzene rings is 1.